The van der Waals surface area contributed by atoms with E-state index in [-0.39, 0.29) is 6.10 Å². The van der Waals surface area contributed by atoms with Crippen molar-refractivity contribution >= 4 is 0 Å². The van der Waals surface area contributed by atoms with Gasteiger partial charge in [0, 0.05) is 6.54 Å². The maximum atomic E-state index is 5.96. The number of ether oxygens (including phenoxy) is 1. The van der Waals surface area contributed by atoms with Crippen LogP contribution >= 0.6 is 0 Å². The lowest BCUT2D eigenvalue weighted by atomic mass is 10.1. The number of nitrogens with one attached hydrogen (secondary N) is 1. The molecule has 0 heterocycles. The highest BCUT2D eigenvalue weighted by atomic mass is 16.5. The Kier molecular flexibility index (Phi) is 6.06. The molecule has 0 aliphatic carbocycles. The van der Waals surface area contributed by atoms with E-state index in [0.717, 1.165) is 25.3 Å². The molecule has 2 heteroatoms. The third-order valence-electron chi connectivity index (χ3n) is 2.67. The third-order valence-corrected chi connectivity index (χ3v) is 2.67. The lowest BCUT2D eigenvalue weighted by Crippen LogP contribution is -2.31. The SMILES string of the molecule is CCc1ccccc1OC(C)CNCC(C)C. The van der Waals surface area contributed by atoms with Crippen LogP contribution in [0.25, 0.3) is 0 Å². The molecular formula is C15H25NO. The Morgan fingerprint density at radius 2 is 1.82 bits per heavy atom. The van der Waals surface area contributed by atoms with E-state index in [0.29, 0.717) is 5.92 Å². The molecule has 0 radical (unpaired) electrons. The largest absolute Gasteiger partial charge is 0.489 e. The van der Waals surface area contributed by atoms with Gasteiger partial charge in [-0.25, -0.2) is 0 Å². The van der Waals surface area contributed by atoms with Crippen molar-refractivity contribution in [2.45, 2.75) is 40.2 Å². The van der Waals surface area contributed by atoms with Crippen molar-refractivity contribution in [1.29, 1.82) is 0 Å². The molecule has 1 aromatic carbocycles. The Labute approximate surface area is 105 Å². The Hall–Kier alpha value is -1.02. The molecule has 0 amide bonds. The first kappa shape index (κ1) is 14.0. The lowest BCUT2D eigenvalue weighted by molar-refractivity contribution is 0.213. The fourth-order valence-electron chi connectivity index (χ4n) is 1.74. The number of rotatable bonds is 7. The van der Waals surface area contributed by atoms with E-state index >= 15 is 0 Å². The van der Waals surface area contributed by atoms with Crippen molar-refractivity contribution < 1.29 is 4.74 Å². The predicted molar refractivity (Wildman–Crippen MR) is 73.6 cm³/mol. The van der Waals surface area contributed by atoms with E-state index in [9.17, 15) is 0 Å². The van der Waals surface area contributed by atoms with Crippen LogP contribution in [0.5, 0.6) is 5.75 Å². The quantitative estimate of drug-likeness (QED) is 0.783. The summed E-state index contributed by atoms with van der Waals surface area (Å²) in [5, 5.41) is 3.42. The van der Waals surface area contributed by atoms with E-state index in [2.05, 4.69) is 51.2 Å². The van der Waals surface area contributed by atoms with Crippen LogP contribution in [0, 0.1) is 5.92 Å². The smallest absolute Gasteiger partial charge is 0.122 e. The zero-order valence-electron chi connectivity index (χ0n) is 11.5. The Bertz CT molecular complexity index is 322. The highest BCUT2D eigenvalue weighted by molar-refractivity contribution is 5.33. The predicted octanol–water partition coefficient (Wildman–Crippen LogP) is 3.26. The second-order valence-electron chi connectivity index (χ2n) is 4.94. The molecule has 96 valence electrons. The molecule has 0 spiro atoms. The van der Waals surface area contributed by atoms with Gasteiger partial charge in [0.25, 0.3) is 0 Å². The Morgan fingerprint density at radius 1 is 1.12 bits per heavy atom. The maximum Gasteiger partial charge on any atom is 0.122 e. The minimum Gasteiger partial charge on any atom is -0.489 e. The topological polar surface area (TPSA) is 21.3 Å². The minimum atomic E-state index is 0.210. The first-order valence-corrected chi connectivity index (χ1v) is 6.58. The molecule has 0 saturated carbocycles. The summed E-state index contributed by atoms with van der Waals surface area (Å²) in [6.45, 7) is 10.6. The summed E-state index contributed by atoms with van der Waals surface area (Å²) in [5.74, 6) is 1.71. The highest BCUT2D eigenvalue weighted by Crippen LogP contribution is 2.19. The Balaban J connectivity index is 2.41. The van der Waals surface area contributed by atoms with Crippen LogP contribution in [0.1, 0.15) is 33.3 Å². The van der Waals surface area contributed by atoms with Crippen molar-refractivity contribution in [2.24, 2.45) is 5.92 Å². The number of hydrogen-bond acceptors (Lipinski definition) is 2. The van der Waals surface area contributed by atoms with Gasteiger partial charge in [-0.05, 0) is 37.4 Å². The zero-order chi connectivity index (χ0) is 12.7. The van der Waals surface area contributed by atoms with E-state index in [1.54, 1.807) is 0 Å². The van der Waals surface area contributed by atoms with E-state index in [1.165, 1.54) is 5.56 Å². The molecule has 0 aromatic heterocycles. The molecule has 17 heavy (non-hydrogen) atoms. The molecule has 1 unspecified atom stereocenters. The number of para-hydroxylation sites is 1. The van der Waals surface area contributed by atoms with Crippen LogP contribution < -0.4 is 10.1 Å². The molecule has 0 bridgehead atoms. The van der Waals surface area contributed by atoms with Gasteiger partial charge in [-0.15, -0.1) is 0 Å². The molecule has 1 rings (SSSR count). The average molecular weight is 235 g/mol. The number of hydrogen-bond donors (Lipinski definition) is 1. The van der Waals surface area contributed by atoms with Gasteiger partial charge >= 0.3 is 0 Å². The van der Waals surface area contributed by atoms with Gasteiger partial charge in [0.05, 0.1) is 0 Å². The molecule has 1 aromatic rings. The number of aryl methyl sites for hydroxylation is 1. The summed E-state index contributed by atoms with van der Waals surface area (Å²) in [5.41, 5.74) is 1.28. The highest BCUT2D eigenvalue weighted by Gasteiger charge is 2.06. The van der Waals surface area contributed by atoms with Crippen molar-refractivity contribution in [2.75, 3.05) is 13.1 Å². The van der Waals surface area contributed by atoms with Gasteiger partial charge in [0.15, 0.2) is 0 Å². The molecule has 0 aliphatic rings. The summed E-state index contributed by atoms with van der Waals surface area (Å²) in [4.78, 5) is 0. The number of benzene rings is 1. The maximum absolute atomic E-state index is 5.96. The monoisotopic (exact) mass is 235 g/mol. The normalized spacial score (nSPS) is 12.8. The third kappa shape index (κ3) is 5.22. The van der Waals surface area contributed by atoms with Gasteiger partial charge in [0.2, 0.25) is 0 Å². The van der Waals surface area contributed by atoms with Crippen LogP contribution in [0.2, 0.25) is 0 Å². The molecule has 1 N–H and O–H groups in total. The van der Waals surface area contributed by atoms with Crippen LogP contribution in [0.15, 0.2) is 24.3 Å². The molecule has 0 saturated heterocycles. The lowest BCUT2D eigenvalue weighted by Gasteiger charge is -2.18. The van der Waals surface area contributed by atoms with Crippen molar-refractivity contribution in [3.05, 3.63) is 29.8 Å². The molecule has 0 aliphatic heterocycles. The second-order valence-corrected chi connectivity index (χ2v) is 4.94. The van der Waals surface area contributed by atoms with Gasteiger partial charge in [-0.3, -0.25) is 0 Å². The molecule has 2 nitrogen and oxygen atoms in total. The van der Waals surface area contributed by atoms with Crippen molar-refractivity contribution in [3.63, 3.8) is 0 Å². The standard InChI is InChI=1S/C15H25NO/c1-5-14-8-6-7-9-15(14)17-13(4)11-16-10-12(2)3/h6-9,12-13,16H,5,10-11H2,1-4H3. The molecule has 0 fully saturated rings. The fraction of sp³-hybridized carbons (Fsp3) is 0.600. The van der Waals surface area contributed by atoms with Gasteiger partial charge in [-0.2, -0.15) is 0 Å². The van der Waals surface area contributed by atoms with E-state index in [4.69, 9.17) is 4.74 Å². The Morgan fingerprint density at radius 3 is 2.47 bits per heavy atom. The van der Waals surface area contributed by atoms with Crippen molar-refractivity contribution in [1.82, 2.24) is 5.32 Å². The zero-order valence-corrected chi connectivity index (χ0v) is 11.5. The first-order valence-electron chi connectivity index (χ1n) is 6.58. The molecular weight excluding hydrogens is 210 g/mol. The van der Waals surface area contributed by atoms with Crippen LogP contribution in [-0.4, -0.2) is 19.2 Å². The summed E-state index contributed by atoms with van der Waals surface area (Å²) in [6.07, 6.45) is 1.23. The van der Waals surface area contributed by atoms with Crippen molar-refractivity contribution in [3.8, 4) is 5.75 Å². The average Bonchev–Trinajstić information content (AvgIpc) is 2.29. The van der Waals surface area contributed by atoms with Crippen LogP contribution in [-0.2, 0) is 6.42 Å². The fourth-order valence-corrected chi connectivity index (χ4v) is 1.74. The van der Waals surface area contributed by atoms with Gasteiger partial charge in [0.1, 0.15) is 11.9 Å². The van der Waals surface area contributed by atoms with Gasteiger partial charge < -0.3 is 10.1 Å². The van der Waals surface area contributed by atoms with Crippen LogP contribution in [0.4, 0.5) is 0 Å². The first-order chi connectivity index (χ1) is 8.13. The van der Waals surface area contributed by atoms with E-state index < -0.39 is 0 Å². The molecule has 1 atom stereocenters. The summed E-state index contributed by atoms with van der Waals surface area (Å²) in [6, 6.07) is 8.28. The van der Waals surface area contributed by atoms with Gasteiger partial charge in [-0.1, -0.05) is 39.0 Å². The van der Waals surface area contributed by atoms with Crippen LogP contribution in [0.3, 0.4) is 0 Å². The van der Waals surface area contributed by atoms with E-state index in [1.807, 2.05) is 6.07 Å². The minimum absolute atomic E-state index is 0.210. The second kappa shape index (κ2) is 7.33. The summed E-state index contributed by atoms with van der Waals surface area (Å²) < 4.78 is 5.96. The summed E-state index contributed by atoms with van der Waals surface area (Å²) in [7, 11) is 0. The summed E-state index contributed by atoms with van der Waals surface area (Å²) >= 11 is 0.